The molecule has 0 fully saturated rings. The minimum absolute atomic E-state index is 0.0815. The maximum Gasteiger partial charge on any atom is 0.306 e. The molecule has 0 aliphatic heterocycles. The molecule has 59 heavy (non-hydrogen) atoms. The standard InChI is InChI=1S/C53H103NO5/c1-4-7-10-13-16-19-22-24-25-26-27-29-30-32-35-38-41-44-49(59-53(58)46-43-40-37-34-21-18-15-12-9-6-3)47-52(57)54-50(48-55)51(56)45-42-39-36-33-31-28-23-20-17-14-11-8-5-2/h12,15,49-51,55-56H,4-11,13-14,16-48H2,1-3H3,(H,54,57)/b15-12-. The van der Waals surface area contributed by atoms with Crippen LogP contribution in [-0.4, -0.2) is 46.9 Å². The third-order valence-electron chi connectivity index (χ3n) is 12.3. The van der Waals surface area contributed by atoms with E-state index < -0.39 is 18.2 Å². The van der Waals surface area contributed by atoms with E-state index in [1.807, 2.05) is 0 Å². The lowest BCUT2D eigenvalue weighted by atomic mass is 10.0. The fourth-order valence-corrected chi connectivity index (χ4v) is 8.32. The van der Waals surface area contributed by atoms with Crippen LogP contribution in [0, 0.1) is 0 Å². The van der Waals surface area contributed by atoms with Gasteiger partial charge in [-0.2, -0.15) is 0 Å². The van der Waals surface area contributed by atoms with Crippen LogP contribution in [0.3, 0.4) is 0 Å². The Morgan fingerprint density at radius 3 is 1.27 bits per heavy atom. The van der Waals surface area contributed by atoms with E-state index in [2.05, 4.69) is 38.2 Å². The average molecular weight is 834 g/mol. The molecule has 0 saturated heterocycles. The molecule has 6 heteroatoms. The van der Waals surface area contributed by atoms with Crippen LogP contribution in [0.4, 0.5) is 0 Å². The summed E-state index contributed by atoms with van der Waals surface area (Å²) in [6, 6.07) is -0.696. The largest absolute Gasteiger partial charge is 0.462 e. The number of carbonyl (C=O) groups excluding carboxylic acids is 2. The number of aliphatic hydroxyl groups excluding tert-OH is 2. The van der Waals surface area contributed by atoms with Gasteiger partial charge in [0.1, 0.15) is 6.10 Å². The number of unbranched alkanes of at least 4 members (excludes halogenated alkanes) is 34. The minimum Gasteiger partial charge on any atom is -0.462 e. The lowest BCUT2D eigenvalue weighted by Crippen LogP contribution is -2.46. The number of aliphatic hydroxyl groups is 2. The van der Waals surface area contributed by atoms with Crippen molar-refractivity contribution in [1.82, 2.24) is 5.32 Å². The molecule has 1 amide bonds. The van der Waals surface area contributed by atoms with Crippen LogP contribution in [-0.2, 0) is 14.3 Å². The molecule has 6 nitrogen and oxygen atoms in total. The first kappa shape index (κ1) is 57.6. The molecule has 3 unspecified atom stereocenters. The maximum atomic E-state index is 13.2. The van der Waals surface area contributed by atoms with E-state index in [0.29, 0.717) is 19.3 Å². The van der Waals surface area contributed by atoms with Gasteiger partial charge in [-0.25, -0.2) is 0 Å². The Bertz CT molecular complexity index is 893. The summed E-state index contributed by atoms with van der Waals surface area (Å²) >= 11 is 0. The summed E-state index contributed by atoms with van der Waals surface area (Å²) in [6.07, 6.45) is 52.8. The third kappa shape index (κ3) is 43.1. The van der Waals surface area contributed by atoms with Gasteiger partial charge in [0.15, 0.2) is 0 Å². The van der Waals surface area contributed by atoms with Crippen LogP contribution in [0.15, 0.2) is 12.2 Å². The van der Waals surface area contributed by atoms with Crippen molar-refractivity contribution in [3.05, 3.63) is 12.2 Å². The first-order chi connectivity index (χ1) is 29.0. The minimum atomic E-state index is -0.782. The van der Waals surface area contributed by atoms with Crippen LogP contribution in [0.5, 0.6) is 0 Å². The number of esters is 1. The predicted octanol–water partition coefficient (Wildman–Crippen LogP) is 15.7. The quantitative estimate of drug-likeness (QED) is 0.0322. The number of hydrogen-bond acceptors (Lipinski definition) is 5. The summed E-state index contributed by atoms with van der Waals surface area (Å²) in [4.78, 5) is 26.1. The molecule has 0 aromatic heterocycles. The van der Waals surface area contributed by atoms with Crippen LogP contribution in [0.2, 0.25) is 0 Å². The number of rotatable bonds is 48. The second kappa shape index (κ2) is 47.6. The summed E-state index contributed by atoms with van der Waals surface area (Å²) in [5.74, 6) is -0.468. The maximum absolute atomic E-state index is 13.2. The molecule has 0 spiro atoms. The predicted molar refractivity (Wildman–Crippen MR) is 255 cm³/mol. The summed E-state index contributed by atoms with van der Waals surface area (Å²) < 4.78 is 5.93. The topological polar surface area (TPSA) is 95.9 Å². The van der Waals surface area contributed by atoms with E-state index in [1.54, 1.807) is 0 Å². The number of allylic oxidation sites excluding steroid dienone is 2. The van der Waals surface area contributed by atoms with Gasteiger partial charge in [0.2, 0.25) is 5.91 Å². The van der Waals surface area contributed by atoms with Gasteiger partial charge in [-0.05, 0) is 44.9 Å². The third-order valence-corrected chi connectivity index (χ3v) is 12.3. The van der Waals surface area contributed by atoms with Crippen LogP contribution >= 0.6 is 0 Å². The van der Waals surface area contributed by atoms with Crippen molar-refractivity contribution in [3.8, 4) is 0 Å². The Hall–Kier alpha value is -1.40. The van der Waals surface area contributed by atoms with E-state index in [1.165, 1.54) is 186 Å². The van der Waals surface area contributed by atoms with Crippen molar-refractivity contribution in [2.75, 3.05) is 6.61 Å². The van der Waals surface area contributed by atoms with Crippen LogP contribution in [0.25, 0.3) is 0 Å². The smallest absolute Gasteiger partial charge is 0.306 e. The number of amides is 1. The first-order valence-electron chi connectivity index (χ1n) is 26.4. The molecule has 0 aromatic rings. The normalized spacial score (nSPS) is 13.2. The molecule has 0 aliphatic rings. The number of hydrogen-bond donors (Lipinski definition) is 3. The molecule has 0 saturated carbocycles. The summed E-state index contributed by atoms with van der Waals surface area (Å²) in [7, 11) is 0. The average Bonchev–Trinajstić information content (AvgIpc) is 3.23. The summed E-state index contributed by atoms with van der Waals surface area (Å²) in [5.41, 5.74) is 0. The highest BCUT2D eigenvalue weighted by Crippen LogP contribution is 2.19. The van der Waals surface area contributed by atoms with Crippen molar-refractivity contribution < 1.29 is 24.5 Å². The van der Waals surface area contributed by atoms with Crippen molar-refractivity contribution in [2.24, 2.45) is 0 Å². The molecule has 0 aliphatic carbocycles. The molecule has 350 valence electrons. The molecule has 0 aromatic carbocycles. The highest BCUT2D eigenvalue weighted by molar-refractivity contribution is 5.77. The molecule has 0 radical (unpaired) electrons. The van der Waals surface area contributed by atoms with Crippen LogP contribution in [0.1, 0.15) is 290 Å². The van der Waals surface area contributed by atoms with Crippen molar-refractivity contribution in [2.45, 2.75) is 309 Å². The second-order valence-corrected chi connectivity index (χ2v) is 18.3. The molecule has 0 bridgehead atoms. The molecule has 3 atom stereocenters. The Morgan fingerprint density at radius 1 is 0.475 bits per heavy atom. The van der Waals surface area contributed by atoms with Gasteiger partial charge >= 0.3 is 5.97 Å². The molecular formula is C53H103NO5. The van der Waals surface area contributed by atoms with E-state index in [4.69, 9.17) is 4.74 Å². The molecule has 0 rings (SSSR count). The van der Waals surface area contributed by atoms with Crippen molar-refractivity contribution >= 4 is 11.9 Å². The molecule has 3 N–H and O–H groups in total. The van der Waals surface area contributed by atoms with Gasteiger partial charge in [0.25, 0.3) is 0 Å². The van der Waals surface area contributed by atoms with Crippen molar-refractivity contribution in [3.63, 3.8) is 0 Å². The van der Waals surface area contributed by atoms with Gasteiger partial charge in [-0.1, -0.05) is 245 Å². The fourth-order valence-electron chi connectivity index (χ4n) is 8.32. The van der Waals surface area contributed by atoms with Gasteiger partial charge in [0, 0.05) is 6.42 Å². The van der Waals surface area contributed by atoms with E-state index in [-0.39, 0.29) is 24.9 Å². The lowest BCUT2D eigenvalue weighted by molar-refractivity contribution is -0.151. The van der Waals surface area contributed by atoms with Gasteiger partial charge in [-0.15, -0.1) is 0 Å². The SMILES string of the molecule is CCC/C=C\CCCCCCCC(=O)OC(CCCCCCCCCCCCCCCCCCC)CC(=O)NC(CO)C(O)CCCCCCCCCCCCCCC. The fraction of sp³-hybridized carbons (Fsp3) is 0.925. The summed E-state index contributed by atoms with van der Waals surface area (Å²) in [5, 5.41) is 23.8. The van der Waals surface area contributed by atoms with E-state index in [0.717, 1.165) is 57.8 Å². The van der Waals surface area contributed by atoms with E-state index in [9.17, 15) is 19.8 Å². The zero-order valence-corrected chi connectivity index (χ0v) is 39.9. The number of ether oxygens (including phenoxy) is 1. The highest BCUT2D eigenvalue weighted by Gasteiger charge is 2.24. The highest BCUT2D eigenvalue weighted by atomic mass is 16.5. The van der Waals surface area contributed by atoms with Crippen molar-refractivity contribution in [1.29, 1.82) is 0 Å². The van der Waals surface area contributed by atoms with Crippen LogP contribution < -0.4 is 5.32 Å². The Morgan fingerprint density at radius 2 is 0.847 bits per heavy atom. The van der Waals surface area contributed by atoms with Gasteiger partial charge < -0.3 is 20.3 Å². The Balaban J connectivity index is 4.49. The van der Waals surface area contributed by atoms with E-state index >= 15 is 0 Å². The zero-order valence-electron chi connectivity index (χ0n) is 39.9. The lowest BCUT2D eigenvalue weighted by Gasteiger charge is -2.24. The monoisotopic (exact) mass is 834 g/mol. The second-order valence-electron chi connectivity index (χ2n) is 18.3. The Labute approximate surface area is 368 Å². The summed E-state index contributed by atoms with van der Waals surface area (Å²) in [6.45, 7) is 6.45. The van der Waals surface area contributed by atoms with Gasteiger partial charge in [-0.3, -0.25) is 9.59 Å². The Kier molecular flexibility index (Phi) is 46.5. The zero-order chi connectivity index (χ0) is 43.1. The first-order valence-corrected chi connectivity index (χ1v) is 26.4. The number of carbonyl (C=O) groups is 2. The number of nitrogens with one attached hydrogen (secondary N) is 1. The molecule has 0 heterocycles. The molecular weight excluding hydrogens is 731 g/mol. The van der Waals surface area contributed by atoms with Gasteiger partial charge in [0.05, 0.1) is 25.2 Å².